The molecule has 0 saturated carbocycles. The predicted molar refractivity (Wildman–Crippen MR) is 174 cm³/mol. The highest BCUT2D eigenvalue weighted by atomic mass is 16.6. The van der Waals surface area contributed by atoms with E-state index >= 15 is 0 Å². The van der Waals surface area contributed by atoms with Crippen LogP contribution in [0.25, 0.3) is 0 Å². The van der Waals surface area contributed by atoms with Gasteiger partial charge in [0.15, 0.2) is 0 Å². The number of rotatable bonds is 20. The van der Waals surface area contributed by atoms with Crippen LogP contribution in [0.15, 0.2) is 84.5 Å². The van der Waals surface area contributed by atoms with E-state index in [-0.39, 0.29) is 39.3 Å². The number of ether oxygens (including phenoxy) is 2. The number of hydrogen-bond acceptors (Lipinski definition) is 10. The van der Waals surface area contributed by atoms with Crippen molar-refractivity contribution in [1.82, 2.24) is 20.4 Å². The second kappa shape index (κ2) is 20.2. The number of carboxylic acids is 2. The van der Waals surface area contributed by atoms with Gasteiger partial charge in [-0.15, -0.1) is 0 Å². The maximum atomic E-state index is 12.1. The van der Waals surface area contributed by atoms with Crippen molar-refractivity contribution in [2.45, 2.75) is 63.8 Å². The molecule has 48 heavy (non-hydrogen) atoms. The van der Waals surface area contributed by atoms with Gasteiger partial charge in [-0.1, -0.05) is 60.7 Å². The third kappa shape index (κ3) is 13.0. The smallest absolute Gasteiger partial charge is 0.408 e. The van der Waals surface area contributed by atoms with Crippen LogP contribution in [0.3, 0.4) is 0 Å². The van der Waals surface area contributed by atoms with Gasteiger partial charge in [0.25, 0.3) is 0 Å². The summed E-state index contributed by atoms with van der Waals surface area (Å²) in [6.45, 7) is 0.286. The zero-order valence-electron chi connectivity index (χ0n) is 26.7. The van der Waals surface area contributed by atoms with Crippen LogP contribution < -0.4 is 10.6 Å². The first-order valence-corrected chi connectivity index (χ1v) is 15.8. The lowest BCUT2D eigenvalue weighted by Gasteiger charge is -2.35. The molecular formula is C34H44N4O10. The number of nitrogens with zero attached hydrogens (tertiary/aromatic N) is 2. The minimum atomic E-state index is -1.18. The lowest BCUT2D eigenvalue weighted by Crippen LogP contribution is -2.41. The van der Waals surface area contributed by atoms with E-state index in [1.807, 2.05) is 24.3 Å². The maximum absolute atomic E-state index is 12.1. The summed E-state index contributed by atoms with van der Waals surface area (Å²) in [6, 6.07) is 15.8. The third-order valence-electron chi connectivity index (χ3n) is 7.54. The number of aliphatic carboxylic acids is 2. The topological polar surface area (TPSA) is 198 Å². The maximum Gasteiger partial charge on any atom is 0.408 e. The van der Waals surface area contributed by atoms with Gasteiger partial charge in [-0.2, -0.15) is 0 Å². The molecule has 0 radical (unpaired) electrons. The van der Waals surface area contributed by atoms with Crippen LogP contribution in [0.5, 0.6) is 0 Å². The largest absolute Gasteiger partial charge is 0.480 e. The lowest BCUT2D eigenvalue weighted by atomic mass is 10.1. The summed E-state index contributed by atoms with van der Waals surface area (Å²) in [6.07, 6.45) is 4.14. The zero-order chi connectivity index (χ0) is 34.7. The minimum absolute atomic E-state index is 0.0175. The average molecular weight is 669 g/mol. The quantitative estimate of drug-likeness (QED) is 0.113. The van der Waals surface area contributed by atoms with Crippen molar-refractivity contribution in [2.24, 2.45) is 0 Å². The van der Waals surface area contributed by atoms with Gasteiger partial charge < -0.3 is 50.3 Å². The molecular weight excluding hydrogens is 624 g/mol. The molecule has 14 nitrogen and oxygen atoms in total. The van der Waals surface area contributed by atoms with Crippen LogP contribution >= 0.6 is 0 Å². The number of aliphatic hydroxyl groups is 2. The molecule has 2 atom stereocenters. The Hall–Kier alpha value is -5.08. The molecule has 0 unspecified atom stereocenters. The number of benzene rings is 2. The van der Waals surface area contributed by atoms with Crippen molar-refractivity contribution in [1.29, 1.82) is 0 Å². The number of unbranched alkanes of at least 4 members (excludes halogenated alkanes) is 2. The fourth-order valence-corrected chi connectivity index (χ4v) is 5.00. The monoisotopic (exact) mass is 668 g/mol. The predicted octanol–water partition coefficient (Wildman–Crippen LogP) is 3.37. The molecule has 1 heterocycles. The van der Waals surface area contributed by atoms with Gasteiger partial charge in [-0.05, 0) is 49.7 Å². The van der Waals surface area contributed by atoms with E-state index in [1.54, 1.807) is 58.6 Å². The van der Waals surface area contributed by atoms with Crippen molar-refractivity contribution < 1.29 is 49.1 Å². The molecule has 2 aromatic rings. The van der Waals surface area contributed by atoms with Gasteiger partial charge in [0.2, 0.25) is 0 Å². The summed E-state index contributed by atoms with van der Waals surface area (Å²) in [5.74, 6) is -2.35. The second-order valence-electron chi connectivity index (χ2n) is 11.1. The van der Waals surface area contributed by atoms with E-state index in [4.69, 9.17) is 9.47 Å². The Balaban J connectivity index is 1.41. The Bertz CT molecular complexity index is 1360. The Morgan fingerprint density at radius 3 is 1.44 bits per heavy atom. The van der Waals surface area contributed by atoms with Gasteiger partial charge in [0, 0.05) is 25.5 Å². The number of carboxylic acid groups (broad SMARTS) is 2. The molecule has 0 aliphatic carbocycles. The molecule has 3 rings (SSSR count). The molecule has 1 aliphatic rings. The van der Waals surface area contributed by atoms with Crippen LogP contribution in [0, 0.1) is 0 Å². The summed E-state index contributed by atoms with van der Waals surface area (Å²) in [4.78, 5) is 51.2. The highest BCUT2D eigenvalue weighted by Crippen LogP contribution is 2.22. The molecule has 6 N–H and O–H groups in total. The number of hydrogen-bond donors (Lipinski definition) is 6. The van der Waals surface area contributed by atoms with E-state index in [0.29, 0.717) is 50.2 Å². The van der Waals surface area contributed by atoms with Crippen molar-refractivity contribution >= 4 is 24.1 Å². The molecule has 14 heteroatoms. The highest BCUT2D eigenvalue weighted by Gasteiger charge is 2.24. The Labute approximate surface area is 279 Å². The standard InChI is InChI=1S/C34H44N4O10/c39-21-27-19-37(17-9-7-15-29(31(41)42)35-33(45)47-23-25-11-3-1-4-12-25)20-28(22-40)38(27)18-10-8-16-30(32(43)44)36-34(46)48-24-26-13-5-2-6-14-26/h1-6,11-14,19-20,29-30,39-40H,7-10,15-18,21-24H2,(H,35,45)(H,36,46)(H,41,42)(H,43,44)/t29-,30-/m0/s1. The van der Waals surface area contributed by atoms with Gasteiger partial charge in [0.05, 0.1) is 24.6 Å². The van der Waals surface area contributed by atoms with Crippen molar-refractivity contribution in [2.75, 3.05) is 26.3 Å². The van der Waals surface area contributed by atoms with Gasteiger partial charge >= 0.3 is 24.1 Å². The molecule has 2 amide bonds. The minimum Gasteiger partial charge on any atom is -0.480 e. The van der Waals surface area contributed by atoms with Crippen LogP contribution in [0.2, 0.25) is 0 Å². The number of carbonyl (C=O) groups is 4. The molecule has 2 aromatic carbocycles. The average Bonchev–Trinajstić information content (AvgIpc) is 3.09. The first-order chi connectivity index (χ1) is 23.2. The third-order valence-corrected chi connectivity index (χ3v) is 7.54. The Morgan fingerprint density at radius 2 is 1.04 bits per heavy atom. The molecule has 0 spiro atoms. The van der Waals surface area contributed by atoms with Crippen molar-refractivity contribution in [3.8, 4) is 0 Å². The normalized spacial score (nSPS) is 13.9. The van der Waals surface area contributed by atoms with Crippen LogP contribution in [-0.2, 0) is 32.3 Å². The van der Waals surface area contributed by atoms with Crippen LogP contribution in [-0.4, -0.2) is 92.7 Å². The first kappa shape index (κ1) is 37.4. The molecule has 0 fully saturated rings. The molecule has 1 aliphatic heterocycles. The fraction of sp³-hybridized carbons (Fsp3) is 0.412. The van der Waals surface area contributed by atoms with Crippen LogP contribution in [0.4, 0.5) is 9.59 Å². The van der Waals surface area contributed by atoms with Crippen LogP contribution in [0.1, 0.15) is 49.7 Å². The number of aliphatic hydroxyl groups excluding tert-OH is 2. The Morgan fingerprint density at radius 1 is 0.625 bits per heavy atom. The molecule has 0 aromatic heterocycles. The second-order valence-corrected chi connectivity index (χ2v) is 11.1. The fourth-order valence-electron chi connectivity index (χ4n) is 5.00. The summed E-state index contributed by atoms with van der Waals surface area (Å²) in [7, 11) is 0. The van der Waals surface area contributed by atoms with E-state index < -0.39 is 36.2 Å². The van der Waals surface area contributed by atoms with Crippen molar-refractivity contribution in [3.63, 3.8) is 0 Å². The summed E-state index contributed by atoms with van der Waals surface area (Å²) >= 11 is 0. The number of nitrogens with one attached hydrogen (secondary N) is 2. The van der Waals surface area contributed by atoms with Gasteiger partial charge in [-0.25, -0.2) is 19.2 Å². The number of alkyl carbamates (subject to hydrolysis) is 2. The first-order valence-electron chi connectivity index (χ1n) is 15.8. The number of amides is 2. The lowest BCUT2D eigenvalue weighted by molar-refractivity contribution is -0.140. The summed E-state index contributed by atoms with van der Waals surface area (Å²) in [5.41, 5.74) is 2.62. The molecule has 260 valence electrons. The summed E-state index contributed by atoms with van der Waals surface area (Å²) < 4.78 is 10.3. The van der Waals surface area contributed by atoms with E-state index in [9.17, 15) is 39.6 Å². The number of carbonyl (C=O) groups excluding carboxylic acids is 2. The van der Waals surface area contributed by atoms with E-state index in [0.717, 1.165) is 11.1 Å². The van der Waals surface area contributed by atoms with E-state index in [2.05, 4.69) is 10.6 Å². The van der Waals surface area contributed by atoms with Gasteiger partial charge in [-0.3, -0.25) is 0 Å². The SMILES string of the molecule is O=C(N[C@@H](CCCCN1C=C(CO)N(CCCC[C@H](NC(=O)OCc2ccccc2)C(=O)O)C(CO)=C1)C(=O)O)OCc1ccccc1. The zero-order valence-corrected chi connectivity index (χ0v) is 26.7. The Kier molecular flexibility index (Phi) is 15.7. The molecule has 0 saturated heterocycles. The van der Waals surface area contributed by atoms with Gasteiger partial charge in [0.1, 0.15) is 25.3 Å². The van der Waals surface area contributed by atoms with E-state index in [1.165, 1.54) is 0 Å². The highest BCUT2D eigenvalue weighted by molar-refractivity contribution is 5.80. The summed E-state index contributed by atoms with van der Waals surface area (Å²) in [5, 5.41) is 44.0. The van der Waals surface area contributed by atoms with Crippen molar-refractivity contribution in [3.05, 3.63) is 95.6 Å². The molecule has 0 bridgehead atoms.